The fourth-order valence-corrected chi connectivity index (χ4v) is 4.49. The van der Waals surface area contributed by atoms with Gasteiger partial charge in [-0.3, -0.25) is 0 Å². The molecule has 6 rings (SSSR count). The van der Waals surface area contributed by atoms with E-state index in [1.54, 1.807) is 0 Å². The molecule has 0 amide bonds. The van der Waals surface area contributed by atoms with Crippen molar-refractivity contribution in [2.24, 2.45) is 0 Å². The molecule has 0 aliphatic carbocycles. The summed E-state index contributed by atoms with van der Waals surface area (Å²) < 4.78 is 0. The van der Waals surface area contributed by atoms with E-state index in [2.05, 4.69) is 84.2 Å². The van der Waals surface area contributed by atoms with Crippen LogP contribution < -0.4 is 0 Å². The van der Waals surface area contributed by atoms with E-state index in [1.807, 2.05) is 48.5 Å². The van der Waals surface area contributed by atoms with Crippen molar-refractivity contribution in [2.45, 2.75) is 0 Å². The molecule has 0 atom stereocenters. The maximum Gasteiger partial charge on any atom is 0.0328 e. The number of hydrogen-bond donors (Lipinski definition) is 0. The summed E-state index contributed by atoms with van der Waals surface area (Å²) in [4.78, 5) is 0. The molecule has 0 heterocycles. The molecular weight excluding hydrogens is 408 g/mol. The van der Waals surface area contributed by atoms with E-state index in [4.69, 9.17) is 6.42 Å². The first-order valence-electron chi connectivity index (χ1n) is 11.2. The van der Waals surface area contributed by atoms with Crippen LogP contribution in [0, 0.1) is 36.0 Å². The zero-order valence-corrected chi connectivity index (χ0v) is 18.4. The van der Waals surface area contributed by atoms with E-state index in [0.29, 0.717) is 0 Å². The minimum absolute atomic E-state index is 0.833. The lowest BCUT2D eigenvalue weighted by Gasteiger charge is -2.11. The first kappa shape index (κ1) is 19.7. The monoisotopic (exact) mass is 426 g/mol. The maximum absolute atomic E-state index is 5.49. The predicted octanol–water partition coefficient (Wildman–Crippen LogP) is 7.36. The Morgan fingerprint density at radius 3 is 1.62 bits per heavy atom. The zero-order valence-electron chi connectivity index (χ0n) is 18.4. The fraction of sp³-hybridized carbons (Fsp3) is 0. The average molecular weight is 427 g/mol. The second-order valence-corrected chi connectivity index (χ2v) is 8.28. The van der Waals surface area contributed by atoms with Crippen LogP contribution in [0.15, 0.2) is 103 Å². The van der Waals surface area contributed by atoms with Crippen LogP contribution in [-0.4, -0.2) is 0 Å². The van der Waals surface area contributed by atoms with E-state index in [-0.39, 0.29) is 0 Å². The maximum atomic E-state index is 5.49. The molecule has 0 fully saturated rings. The summed E-state index contributed by atoms with van der Waals surface area (Å²) in [6.07, 6.45) is 5.49. The van der Waals surface area contributed by atoms with Crippen LogP contribution >= 0.6 is 0 Å². The lowest BCUT2D eigenvalue weighted by Crippen LogP contribution is -1.87. The van der Waals surface area contributed by atoms with Crippen LogP contribution in [-0.2, 0) is 0 Å². The molecule has 0 bridgehead atoms. The molecule has 0 saturated heterocycles. The summed E-state index contributed by atoms with van der Waals surface area (Å²) in [5.41, 5.74) is 4.64. The molecule has 34 heavy (non-hydrogen) atoms. The third-order valence-corrected chi connectivity index (χ3v) is 6.11. The fourth-order valence-electron chi connectivity index (χ4n) is 4.49. The molecule has 0 unspecified atom stereocenters. The Kier molecular flexibility index (Phi) is 4.75. The lowest BCUT2D eigenvalue weighted by molar-refractivity contribution is 1.58. The Morgan fingerprint density at radius 2 is 0.941 bits per heavy atom. The molecule has 0 saturated carbocycles. The first-order chi connectivity index (χ1) is 16.8. The Hall–Kier alpha value is -4.96. The summed E-state index contributed by atoms with van der Waals surface area (Å²) in [6.45, 7) is 0. The Labute approximate surface area is 199 Å². The van der Waals surface area contributed by atoms with Gasteiger partial charge in [-0.2, -0.15) is 0 Å². The zero-order chi connectivity index (χ0) is 22.9. The summed E-state index contributed by atoms with van der Waals surface area (Å²) in [5, 5.41) is 7.57. The Morgan fingerprint density at radius 1 is 0.441 bits per heavy atom. The van der Waals surface area contributed by atoms with Gasteiger partial charge in [-0.25, -0.2) is 0 Å². The van der Waals surface area contributed by atoms with Gasteiger partial charge in [0, 0.05) is 27.8 Å². The quantitative estimate of drug-likeness (QED) is 0.176. The van der Waals surface area contributed by atoms with E-state index in [1.165, 1.54) is 32.3 Å². The van der Waals surface area contributed by atoms with Gasteiger partial charge in [0.25, 0.3) is 0 Å². The highest BCUT2D eigenvalue weighted by atomic mass is 14.1. The molecule has 6 aromatic rings. The van der Waals surface area contributed by atoms with Gasteiger partial charge in [0.1, 0.15) is 0 Å². The highest BCUT2D eigenvalue weighted by Crippen LogP contribution is 2.35. The van der Waals surface area contributed by atoms with Crippen LogP contribution in [0.5, 0.6) is 0 Å². The van der Waals surface area contributed by atoms with Crippen LogP contribution in [0.4, 0.5) is 0 Å². The molecule has 0 nitrogen and oxygen atoms in total. The molecule has 0 aliphatic rings. The molecular formula is C34H18. The summed E-state index contributed by atoms with van der Waals surface area (Å²) in [6, 6.07) is 35.3. The van der Waals surface area contributed by atoms with Crippen molar-refractivity contribution in [3.8, 4) is 36.0 Å². The summed E-state index contributed by atoms with van der Waals surface area (Å²) >= 11 is 0. The third-order valence-electron chi connectivity index (χ3n) is 6.11. The second-order valence-electron chi connectivity index (χ2n) is 8.28. The van der Waals surface area contributed by atoms with Crippen molar-refractivity contribution in [2.75, 3.05) is 0 Å². The van der Waals surface area contributed by atoms with Gasteiger partial charge in [-0.05, 0) is 74.8 Å². The molecule has 0 heteroatoms. The summed E-state index contributed by atoms with van der Waals surface area (Å²) in [7, 11) is 0. The number of terminal acetylenes is 1. The molecule has 0 aliphatic heterocycles. The highest BCUT2D eigenvalue weighted by molar-refractivity contribution is 6.23. The van der Waals surface area contributed by atoms with Gasteiger partial charge in [0.05, 0.1) is 0 Å². The topological polar surface area (TPSA) is 0 Å². The van der Waals surface area contributed by atoms with Gasteiger partial charge in [0.2, 0.25) is 0 Å². The van der Waals surface area contributed by atoms with Crippen molar-refractivity contribution < 1.29 is 0 Å². The van der Waals surface area contributed by atoms with Gasteiger partial charge in [0.15, 0.2) is 0 Å². The van der Waals surface area contributed by atoms with E-state index in [9.17, 15) is 0 Å². The van der Waals surface area contributed by atoms with Crippen LogP contribution in [0.25, 0.3) is 32.3 Å². The van der Waals surface area contributed by atoms with Gasteiger partial charge in [-0.15, -0.1) is 6.42 Å². The second kappa shape index (κ2) is 8.19. The normalized spacial score (nSPS) is 10.4. The van der Waals surface area contributed by atoms with Gasteiger partial charge < -0.3 is 0 Å². The van der Waals surface area contributed by atoms with Crippen molar-refractivity contribution in [3.05, 3.63) is 131 Å². The van der Waals surface area contributed by atoms with E-state index >= 15 is 0 Å². The minimum atomic E-state index is 0.833. The Bertz CT molecular complexity index is 1860. The number of rotatable bonds is 0. The first-order valence-corrected chi connectivity index (χ1v) is 11.2. The Balaban J connectivity index is 1.39. The molecule has 154 valence electrons. The van der Waals surface area contributed by atoms with Crippen molar-refractivity contribution in [3.63, 3.8) is 0 Å². The van der Waals surface area contributed by atoms with E-state index in [0.717, 1.165) is 27.8 Å². The predicted molar refractivity (Wildman–Crippen MR) is 143 cm³/mol. The molecule has 6 aromatic carbocycles. The van der Waals surface area contributed by atoms with Crippen molar-refractivity contribution in [1.29, 1.82) is 0 Å². The largest absolute Gasteiger partial charge is 0.115 e. The van der Waals surface area contributed by atoms with Crippen LogP contribution in [0.3, 0.4) is 0 Å². The van der Waals surface area contributed by atoms with Gasteiger partial charge >= 0.3 is 0 Å². The molecule has 0 aromatic heterocycles. The van der Waals surface area contributed by atoms with Crippen molar-refractivity contribution in [1.82, 2.24) is 0 Å². The smallest absolute Gasteiger partial charge is 0.0328 e. The third kappa shape index (κ3) is 3.53. The average Bonchev–Trinajstić information content (AvgIpc) is 2.90. The molecule has 0 radical (unpaired) electrons. The standard InChI is InChI=1S/C34H18/c1-2-24-6-3-7-25(22-24)12-13-26-8-4-9-27(23-26)14-15-28-16-17-31-19-18-29-10-5-11-30-20-21-32(28)34(31)33(29)30/h1,3-11,16-23H. The SMILES string of the molecule is C#Cc1cccc(C#Cc2cccc(C#Cc3ccc4ccc5cccc6ccc3c4c56)c2)c1. The lowest BCUT2D eigenvalue weighted by atomic mass is 9.92. The summed E-state index contributed by atoms with van der Waals surface area (Å²) in [5.74, 6) is 15.8. The minimum Gasteiger partial charge on any atom is -0.115 e. The molecule has 0 spiro atoms. The van der Waals surface area contributed by atoms with Crippen LogP contribution in [0.2, 0.25) is 0 Å². The van der Waals surface area contributed by atoms with Gasteiger partial charge in [-0.1, -0.05) is 90.3 Å². The highest BCUT2D eigenvalue weighted by Gasteiger charge is 2.09. The van der Waals surface area contributed by atoms with Crippen molar-refractivity contribution >= 4 is 32.3 Å². The van der Waals surface area contributed by atoms with Crippen LogP contribution in [0.1, 0.15) is 27.8 Å². The van der Waals surface area contributed by atoms with E-state index < -0.39 is 0 Å². The number of hydrogen-bond acceptors (Lipinski definition) is 0. The molecule has 0 N–H and O–H groups in total. The number of benzene rings is 6.